The largest absolute Gasteiger partial charge is 0.459 e. The highest BCUT2D eigenvalue weighted by Gasteiger charge is 2.20. The van der Waals surface area contributed by atoms with Crippen molar-refractivity contribution in [1.29, 1.82) is 0 Å². The summed E-state index contributed by atoms with van der Waals surface area (Å²) in [6.07, 6.45) is 0. The highest BCUT2D eigenvalue weighted by atomic mass is 32.2. The fourth-order valence-electron chi connectivity index (χ4n) is 1.99. The first-order chi connectivity index (χ1) is 10.2. The SMILES string of the molecule is Cn1nnnc1SCc1oc2ccccc2c1C(=O)NN. The van der Waals surface area contributed by atoms with Crippen LogP contribution in [-0.4, -0.2) is 26.1 Å². The van der Waals surface area contributed by atoms with Crippen molar-refractivity contribution in [2.75, 3.05) is 0 Å². The van der Waals surface area contributed by atoms with Gasteiger partial charge < -0.3 is 4.42 Å². The van der Waals surface area contributed by atoms with Crippen molar-refractivity contribution in [2.24, 2.45) is 12.9 Å². The van der Waals surface area contributed by atoms with Crippen molar-refractivity contribution in [3.8, 4) is 0 Å². The van der Waals surface area contributed by atoms with Gasteiger partial charge in [-0.15, -0.1) is 5.10 Å². The van der Waals surface area contributed by atoms with Gasteiger partial charge in [0.15, 0.2) is 0 Å². The number of amides is 1. The van der Waals surface area contributed by atoms with Gasteiger partial charge in [-0.1, -0.05) is 30.0 Å². The summed E-state index contributed by atoms with van der Waals surface area (Å²) in [5.74, 6) is 5.83. The number of hydrogen-bond donors (Lipinski definition) is 2. The number of nitrogen functional groups attached to an aromatic ring is 1. The first kappa shape index (κ1) is 13.6. The molecule has 0 fully saturated rings. The molecule has 2 aromatic heterocycles. The molecule has 3 rings (SSSR count). The highest BCUT2D eigenvalue weighted by Crippen LogP contribution is 2.30. The number of thioether (sulfide) groups is 1. The van der Waals surface area contributed by atoms with E-state index in [4.69, 9.17) is 10.3 Å². The molecule has 0 aliphatic heterocycles. The number of aryl methyl sites for hydroxylation is 1. The van der Waals surface area contributed by atoms with E-state index >= 15 is 0 Å². The molecule has 21 heavy (non-hydrogen) atoms. The van der Waals surface area contributed by atoms with Gasteiger partial charge in [0.25, 0.3) is 5.91 Å². The number of hydrazine groups is 1. The lowest BCUT2D eigenvalue weighted by molar-refractivity contribution is 0.0953. The van der Waals surface area contributed by atoms with Gasteiger partial charge in [-0.3, -0.25) is 10.2 Å². The number of carbonyl (C=O) groups excluding carboxylic acids is 1. The number of para-hydroxylation sites is 1. The van der Waals surface area contributed by atoms with Crippen LogP contribution in [0.25, 0.3) is 11.0 Å². The van der Waals surface area contributed by atoms with E-state index in [1.165, 1.54) is 11.8 Å². The number of tetrazole rings is 1. The molecule has 0 atom stereocenters. The molecule has 0 aliphatic carbocycles. The van der Waals surface area contributed by atoms with E-state index in [-0.39, 0.29) is 5.91 Å². The van der Waals surface area contributed by atoms with Crippen molar-refractivity contribution in [1.82, 2.24) is 25.6 Å². The minimum atomic E-state index is -0.383. The first-order valence-electron chi connectivity index (χ1n) is 6.07. The second kappa shape index (κ2) is 5.54. The number of aromatic nitrogens is 4. The van der Waals surface area contributed by atoms with Crippen LogP contribution in [0.4, 0.5) is 0 Å². The van der Waals surface area contributed by atoms with E-state index in [1.807, 2.05) is 18.2 Å². The van der Waals surface area contributed by atoms with Crippen molar-refractivity contribution < 1.29 is 9.21 Å². The van der Waals surface area contributed by atoms with Crippen molar-refractivity contribution in [2.45, 2.75) is 10.9 Å². The van der Waals surface area contributed by atoms with Gasteiger partial charge in [-0.2, -0.15) is 0 Å². The number of benzene rings is 1. The number of nitrogens with zero attached hydrogens (tertiary/aromatic N) is 4. The van der Waals surface area contributed by atoms with Gasteiger partial charge in [-0.05, 0) is 16.5 Å². The number of fused-ring (bicyclic) bond motifs is 1. The van der Waals surface area contributed by atoms with Gasteiger partial charge in [0.2, 0.25) is 5.16 Å². The predicted molar refractivity (Wildman–Crippen MR) is 76.2 cm³/mol. The van der Waals surface area contributed by atoms with Gasteiger partial charge in [0, 0.05) is 12.4 Å². The molecule has 0 saturated carbocycles. The van der Waals surface area contributed by atoms with Crippen LogP contribution in [0, 0.1) is 0 Å². The number of carbonyl (C=O) groups is 1. The lowest BCUT2D eigenvalue weighted by atomic mass is 10.1. The van der Waals surface area contributed by atoms with Crippen LogP contribution in [-0.2, 0) is 12.8 Å². The maximum Gasteiger partial charge on any atom is 0.269 e. The summed E-state index contributed by atoms with van der Waals surface area (Å²) >= 11 is 1.38. The fourth-order valence-corrected chi connectivity index (χ4v) is 2.77. The normalized spacial score (nSPS) is 11.0. The molecule has 1 aromatic carbocycles. The van der Waals surface area contributed by atoms with E-state index < -0.39 is 0 Å². The quantitative estimate of drug-likeness (QED) is 0.318. The molecule has 0 radical (unpaired) electrons. The van der Waals surface area contributed by atoms with Crippen LogP contribution in [0.3, 0.4) is 0 Å². The standard InChI is InChI=1S/C12H12N6O2S/c1-18-12(15-16-17-18)21-6-9-10(11(19)14-13)7-4-2-3-5-8(7)20-9/h2-5H,6,13H2,1H3,(H,14,19). The van der Waals surface area contributed by atoms with Crippen LogP contribution in [0.1, 0.15) is 16.1 Å². The molecule has 9 heteroatoms. The molecule has 0 unspecified atom stereocenters. The van der Waals surface area contributed by atoms with Gasteiger partial charge in [-0.25, -0.2) is 10.5 Å². The average molecular weight is 304 g/mol. The molecule has 0 aliphatic rings. The van der Waals surface area contributed by atoms with Gasteiger partial charge >= 0.3 is 0 Å². The summed E-state index contributed by atoms with van der Waals surface area (Å²) in [6, 6.07) is 7.32. The van der Waals surface area contributed by atoms with E-state index in [0.29, 0.717) is 27.8 Å². The minimum Gasteiger partial charge on any atom is -0.459 e. The third-order valence-electron chi connectivity index (χ3n) is 2.94. The Hall–Kier alpha value is -2.39. The summed E-state index contributed by atoms with van der Waals surface area (Å²) in [7, 11) is 1.74. The fraction of sp³-hybridized carbons (Fsp3) is 0.167. The molecule has 1 amide bonds. The Morgan fingerprint density at radius 3 is 3.00 bits per heavy atom. The highest BCUT2D eigenvalue weighted by molar-refractivity contribution is 7.98. The van der Waals surface area contributed by atoms with E-state index in [1.54, 1.807) is 17.8 Å². The smallest absolute Gasteiger partial charge is 0.269 e. The lowest BCUT2D eigenvalue weighted by Crippen LogP contribution is -2.30. The molecule has 0 spiro atoms. The Morgan fingerprint density at radius 2 is 2.29 bits per heavy atom. The van der Waals surface area contributed by atoms with Crippen molar-refractivity contribution >= 4 is 28.6 Å². The number of hydrogen-bond acceptors (Lipinski definition) is 7. The topological polar surface area (TPSA) is 112 Å². The maximum atomic E-state index is 12.0. The number of furan rings is 1. The van der Waals surface area contributed by atoms with Crippen LogP contribution in [0.15, 0.2) is 33.8 Å². The Kier molecular flexibility index (Phi) is 3.59. The molecule has 108 valence electrons. The first-order valence-corrected chi connectivity index (χ1v) is 7.05. The zero-order valence-corrected chi connectivity index (χ0v) is 11.9. The number of nitrogens with two attached hydrogens (primary N) is 1. The monoisotopic (exact) mass is 304 g/mol. The van der Waals surface area contributed by atoms with Crippen LogP contribution >= 0.6 is 11.8 Å². The third-order valence-corrected chi connectivity index (χ3v) is 3.95. The van der Waals surface area contributed by atoms with E-state index in [0.717, 1.165) is 5.39 Å². The Morgan fingerprint density at radius 1 is 1.48 bits per heavy atom. The summed E-state index contributed by atoms with van der Waals surface area (Å²) < 4.78 is 7.30. The Bertz CT molecular complexity index is 796. The third kappa shape index (κ3) is 2.48. The van der Waals surface area contributed by atoms with Crippen molar-refractivity contribution in [3.63, 3.8) is 0 Å². The van der Waals surface area contributed by atoms with Gasteiger partial charge in [0.1, 0.15) is 11.3 Å². The molecule has 3 aromatic rings. The number of rotatable bonds is 4. The zero-order valence-electron chi connectivity index (χ0n) is 11.1. The predicted octanol–water partition coefficient (Wildman–Crippen LogP) is 0.852. The molecular weight excluding hydrogens is 292 g/mol. The minimum absolute atomic E-state index is 0.383. The lowest BCUT2D eigenvalue weighted by Gasteiger charge is -2.01. The number of nitrogens with one attached hydrogen (secondary N) is 1. The van der Waals surface area contributed by atoms with Crippen LogP contribution in [0.5, 0.6) is 0 Å². The Balaban J connectivity index is 1.97. The summed E-state index contributed by atoms with van der Waals surface area (Å²) in [4.78, 5) is 12.0. The van der Waals surface area contributed by atoms with E-state index in [2.05, 4.69) is 21.0 Å². The van der Waals surface area contributed by atoms with Crippen molar-refractivity contribution in [3.05, 3.63) is 35.6 Å². The molecule has 0 saturated heterocycles. The second-order valence-electron chi connectivity index (χ2n) is 4.24. The average Bonchev–Trinajstić information content (AvgIpc) is 3.07. The molecule has 2 heterocycles. The molecule has 8 nitrogen and oxygen atoms in total. The second-order valence-corrected chi connectivity index (χ2v) is 5.19. The molecular formula is C12H12N6O2S. The zero-order chi connectivity index (χ0) is 14.8. The van der Waals surface area contributed by atoms with E-state index in [9.17, 15) is 4.79 Å². The molecule has 3 N–H and O–H groups in total. The Labute approximate surface area is 123 Å². The van der Waals surface area contributed by atoms with Gasteiger partial charge in [0.05, 0.1) is 11.3 Å². The maximum absolute atomic E-state index is 12.0. The summed E-state index contributed by atoms with van der Waals surface area (Å²) in [5, 5.41) is 12.6. The summed E-state index contributed by atoms with van der Waals surface area (Å²) in [6.45, 7) is 0. The summed E-state index contributed by atoms with van der Waals surface area (Å²) in [5.41, 5.74) is 3.23. The van der Waals surface area contributed by atoms with Crippen LogP contribution in [0.2, 0.25) is 0 Å². The molecule has 0 bridgehead atoms. The van der Waals surface area contributed by atoms with Crippen LogP contribution < -0.4 is 11.3 Å².